The lowest BCUT2D eigenvalue weighted by atomic mass is 10.1. The third-order valence-corrected chi connectivity index (χ3v) is 4.07. The second-order valence-electron chi connectivity index (χ2n) is 4.57. The molecule has 0 aliphatic carbocycles. The van der Waals surface area contributed by atoms with Crippen molar-refractivity contribution >= 4 is 38.2 Å². The van der Waals surface area contributed by atoms with Crippen molar-refractivity contribution in [2.75, 3.05) is 11.9 Å². The summed E-state index contributed by atoms with van der Waals surface area (Å²) in [6.45, 7) is 0.0426. The zero-order chi connectivity index (χ0) is 15.5. The molecular formula is C15H11N3O3S. The molecule has 0 fully saturated rings. The highest BCUT2D eigenvalue weighted by atomic mass is 32.1. The lowest BCUT2D eigenvalue weighted by Gasteiger charge is -2.02. The quantitative estimate of drug-likeness (QED) is 0.442. The maximum Gasteiger partial charge on any atom is 0.270 e. The molecule has 22 heavy (non-hydrogen) atoms. The number of anilines is 1. The number of fused-ring (bicyclic) bond motifs is 1. The second-order valence-corrected chi connectivity index (χ2v) is 5.60. The number of carbonyl (C=O) groups is 1. The monoisotopic (exact) mass is 313 g/mol. The van der Waals surface area contributed by atoms with E-state index >= 15 is 0 Å². The number of hydrogen-bond acceptors (Lipinski definition) is 6. The van der Waals surface area contributed by atoms with Crippen molar-refractivity contribution in [1.29, 1.82) is 0 Å². The first-order chi connectivity index (χ1) is 10.6. The molecule has 2 aromatic carbocycles. The number of ketones is 1. The SMILES string of the molecule is O=C(CNc1nc2ccccc2s1)c1cccc([N+](=O)[O-])c1. The molecule has 0 amide bonds. The van der Waals surface area contributed by atoms with Crippen molar-refractivity contribution in [3.8, 4) is 0 Å². The maximum atomic E-state index is 12.1. The van der Waals surface area contributed by atoms with Crippen LogP contribution in [0.25, 0.3) is 10.2 Å². The van der Waals surface area contributed by atoms with Crippen LogP contribution < -0.4 is 5.32 Å². The Morgan fingerprint density at radius 3 is 2.82 bits per heavy atom. The summed E-state index contributed by atoms with van der Waals surface area (Å²) in [6.07, 6.45) is 0. The highest BCUT2D eigenvalue weighted by Gasteiger charge is 2.12. The molecule has 6 nitrogen and oxygen atoms in total. The number of non-ortho nitro benzene ring substituents is 1. The molecule has 0 unspecified atom stereocenters. The van der Waals surface area contributed by atoms with Gasteiger partial charge in [0, 0.05) is 17.7 Å². The van der Waals surface area contributed by atoms with Crippen LogP contribution in [-0.4, -0.2) is 22.2 Å². The number of thiazole rings is 1. The van der Waals surface area contributed by atoms with E-state index in [1.807, 2.05) is 24.3 Å². The van der Waals surface area contributed by atoms with Crippen molar-refractivity contribution < 1.29 is 9.72 Å². The molecule has 3 rings (SSSR count). The number of hydrogen-bond donors (Lipinski definition) is 1. The number of nitrogens with zero attached hydrogens (tertiary/aromatic N) is 2. The molecule has 0 aliphatic rings. The fourth-order valence-electron chi connectivity index (χ4n) is 2.00. The summed E-state index contributed by atoms with van der Waals surface area (Å²) < 4.78 is 1.03. The van der Waals surface area contributed by atoms with E-state index in [2.05, 4.69) is 10.3 Å². The van der Waals surface area contributed by atoms with Crippen LogP contribution in [0.15, 0.2) is 48.5 Å². The molecule has 110 valence electrons. The van der Waals surface area contributed by atoms with E-state index in [1.54, 1.807) is 6.07 Å². The fourth-order valence-corrected chi connectivity index (χ4v) is 2.86. The fraction of sp³-hybridized carbons (Fsp3) is 0.0667. The third-order valence-electron chi connectivity index (χ3n) is 3.07. The minimum Gasteiger partial charge on any atom is -0.354 e. The van der Waals surface area contributed by atoms with Crippen LogP contribution >= 0.6 is 11.3 Å². The normalized spacial score (nSPS) is 10.5. The van der Waals surface area contributed by atoms with Gasteiger partial charge >= 0.3 is 0 Å². The molecular weight excluding hydrogens is 302 g/mol. The van der Waals surface area contributed by atoms with Crippen molar-refractivity contribution in [2.45, 2.75) is 0 Å². The number of nitro benzene ring substituents is 1. The maximum absolute atomic E-state index is 12.1. The van der Waals surface area contributed by atoms with Gasteiger partial charge in [0.1, 0.15) is 0 Å². The number of carbonyl (C=O) groups excluding carboxylic acids is 1. The van der Waals surface area contributed by atoms with Crippen LogP contribution in [0, 0.1) is 10.1 Å². The standard InChI is InChI=1S/C15H11N3O3S/c19-13(10-4-3-5-11(8-10)18(20)21)9-16-15-17-12-6-1-2-7-14(12)22-15/h1-8H,9H2,(H,16,17). The highest BCUT2D eigenvalue weighted by molar-refractivity contribution is 7.22. The molecule has 0 aliphatic heterocycles. The molecule has 1 aromatic heterocycles. The van der Waals surface area contributed by atoms with Gasteiger partial charge in [-0.3, -0.25) is 14.9 Å². The Hall–Kier alpha value is -2.80. The molecule has 3 aromatic rings. The van der Waals surface area contributed by atoms with Gasteiger partial charge in [0.25, 0.3) is 5.69 Å². The zero-order valence-electron chi connectivity index (χ0n) is 11.4. The summed E-state index contributed by atoms with van der Waals surface area (Å²) in [6, 6.07) is 13.4. The van der Waals surface area contributed by atoms with Gasteiger partial charge in [0.05, 0.1) is 21.7 Å². The smallest absolute Gasteiger partial charge is 0.270 e. The van der Waals surface area contributed by atoms with Crippen molar-refractivity contribution in [1.82, 2.24) is 4.98 Å². The Morgan fingerprint density at radius 2 is 2.05 bits per heavy atom. The Balaban J connectivity index is 1.71. The number of para-hydroxylation sites is 1. The van der Waals surface area contributed by atoms with E-state index in [-0.39, 0.29) is 18.0 Å². The van der Waals surface area contributed by atoms with E-state index < -0.39 is 4.92 Å². The van der Waals surface area contributed by atoms with Crippen LogP contribution in [-0.2, 0) is 0 Å². The molecule has 0 bridgehead atoms. The Labute approximate surface area is 129 Å². The van der Waals surface area contributed by atoms with Crippen LogP contribution in [0.4, 0.5) is 10.8 Å². The first-order valence-electron chi connectivity index (χ1n) is 6.50. The van der Waals surface area contributed by atoms with Crippen LogP contribution in [0.5, 0.6) is 0 Å². The minimum atomic E-state index is -0.516. The predicted octanol–water partition coefficient (Wildman–Crippen LogP) is 3.50. The third kappa shape index (κ3) is 2.94. The molecule has 0 saturated heterocycles. The van der Waals surface area contributed by atoms with Crippen LogP contribution in [0.2, 0.25) is 0 Å². The zero-order valence-corrected chi connectivity index (χ0v) is 12.2. The van der Waals surface area contributed by atoms with Crippen LogP contribution in [0.1, 0.15) is 10.4 Å². The van der Waals surface area contributed by atoms with E-state index in [9.17, 15) is 14.9 Å². The van der Waals surface area contributed by atoms with Crippen molar-refractivity contribution in [2.24, 2.45) is 0 Å². The molecule has 7 heteroatoms. The lowest BCUT2D eigenvalue weighted by Crippen LogP contribution is -2.13. The predicted molar refractivity (Wildman–Crippen MR) is 85.5 cm³/mol. The number of rotatable bonds is 5. The van der Waals surface area contributed by atoms with Gasteiger partial charge in [0.15, 0.2) is 10.9 Å². The Morgan fingerprint density at radius 1 is 1.23 bits per heavy atom. The minimum absolute atomic E-state index is 0.0426. The van der Waals surface area contributed by atoms with Gasteiger partial charge < -0.3 is 5.32 Å². The van der Waals surface area contributed by atoms with Crippen molar-refractivity contribution in [3.05, 3.63) is 64.2 Å². The van der Waals surface area contributed by atoms with Crippen LogP contribution in [0.3, 0.4) is 0 Å². The van der Waals surface area contributed by atoms with Gasteiger partial charge in [-0.2, -0.15) is 0 Å². The van der Waals surface area contributed by atoms with Crippen molar-refractivity contribution in [3.63, 3.8) is 0 Å². The number of nitro groups is 1. The Bertz CT molecular complexity index is 827. The molecule has 1 N–H and O–H groups in total. The van der Waals surface area contributed by atoms with Gasteiger partial charge in [0.2, 0.25) is 0 Å². The van der Waals surface area contributed by atoms with E-state index in [4.69, 9.17) is 0 Å². The van der Waals surface area contributed by atoms with E-state index in [0.29, 0.717) is 10.7 Å². The molecule has 1 heterocycles. The number of nitrogens with one attached hydrogen (secondary N) is 1. The van der Waals surface area contributed by atoms with Gasteiger partial charge in [-0.25, -0.2) is 4.98 Å². The summed E-state index contributed by atoms with van der Waals surface area (Å²) in [7, 11) is 0. The summed E-state index contributed by atoms with van der Waals surface area (Å²) in [5, 5.41) is 14.3. The lowest BCUT2D eigenvalue weighted by molar-refractivity contribution is -0.384. The average Bonchev–Trinajstić information content (AvgIpc) is 2.95. The van der Waals surface area contributed by atoms with Gasteiger partial charge in [-0.05, 0) is 12.1 Å². The largest absolute Gasteiger partial charge is 0.354 e. The first-order valence-corrected chi connectivity index (χ1v) is 7.32. The second kappa shape index (κ2) is 5.90. The number of aromatic nitrogens is 1. The first kappa shape index (κ1) is 14.2. The highest BCUT2D eigenvalue weighted by Crippen LogP contribution is 2.25. The summed E-state index contributed by atoms with van der Waals surface area (Å²) in [5.74, 6) is -0.219. The van der Waals surface area contributed by atoms with Gasteiger partial charge in [-0.1, -0.05) is 35.6 Å². The number of Topliss-reactive ketones (excluding diaryl/α,β-unsaturated/α-hetero) is 1. The Kier molecular flexibility index (Phi) is 3.80. The summed E-state index contributed by atoms with van der Waals surface area (Å²) >= 11 is 1.46. The average molecular weight is 313 g/mol. The molecule has 0 atom stereocenters. The molecule has 0 saturated carbocycles. The molecule has 0 spiro atoms. The van der Waals surface area contributed by atoms with E-state index in [1.165, 1.54) is 29.5 Å². The summed E-state index contributed by atoms with van der Waals surface area (Å²) in [4.78, 5) is 26.7. The van der Waals surface area contributed by atoms with E-state index in [0.717, 1.165) is 10.2 Å². The summed E-state index contributed by atoms with van der Waals surface area (Å²) in [5.41, 5.74) is 1.09. The topological polar surface area (TPSA) is 85.1 Å². The number of benzene rings is 2. The van der Waals surface area contributed by atoms with Gasteiger partial charge in [-0.15, -0.1) is 0 Å². The molecule has 0 radical (unpaired) electrons.